The Labute approximate surface area is 166 Å². The van der Waals surface area contributed by atoms with Crippen molar-refractivity contribution >= 4 is 0 Å². The third-order valence-electron chi connectivity index (χ3n) is 6.33. The molecule has 0 aliphatic carbocycles. The molecule has 1 saturated heterocycles. The molecule has 3 heteroatoms. The van der Waals surface area contributed by atoms with E-state index in [0.717, 1.165) is 5.56 Å². The van der Waals surface area contributed by atoms with Gasteiger partial charge >= 0.3 is 0 Å². The number of likely N-dealkylation sites (tertiary alicyclic amines) is 1. The number of hydrogen-bond acceptors (Lipinski definition) is 2. The zero-order chi connectivity index (χ0) is 19.7. The first kappa shape index (κ1) is 18.9. The second-order valence-electron chi connectivity index (χ2n) is 7.87. The average Bonchev–Trinajstić information content (AvgIpc) is 2.73. The van der Waals surface area contributed by atoms with Crippen molar-refractivity contribution in [3.8, 4) is 0 Å². The largest absolute Gasteiger partial charge is 0.385 e. The summed E-state index contributed by atoms with van der Waals surface area (Å²) in [4.78, 5) is 2.37. The van der Waals surface area contributed by atoms with Gasteiger partial charge < -0.3 is 5.11 Å². The van der Waals surface area contributed by atoms with Crippen LogP contribution in [0.25, 0.3) is 0 Å². The third-order valence-corrected chi connectivity index (χ3v) is 6.33. The van der Waals surface area contributed by atoms with E-state index in [1.54, 1.807) is 12.1 Å². The summed E-state index contributed by atoms with van der Waals surface area (Å²) in [6, 6.07) is 27.1. The Kier molecular flexibility index (Phi) is 5.05. The van der Waals surface area contributed by atoms with Crippen molar-refractivity contribution in [3.63, 3.8) is 0 Å². The molecule has 0 amide bonds. The fourth-order valence-corrected chi connectivity index (χ4v) is 4.75. The molecule has 4 rings (SSSR count). The molecule has 4 atom stereocenters. The van der Waals surface area contributed by atoms with Crippen LogP contribution in [0.1, 0.15) is 42.1 Å². The average molecular weight is 375 g/mol. The summed E-state index contributed by atoms with van der Waals surface area (Å²) in [6.45, 7) is 2.10. The minimum Gasteiger partial charge on any atom is -0.385 e. The molecule has 3 aromatic rings. The fourth-order valence-electron chi connectivity index (χ4n) is 4.75. The smallest absolute Gasteiger partial charge is 0.123 e. The summed E-state index contributed by atoms with van der Waals surface area (Å²) in [5, 5.41) is 11.9. The van der Waals surface area contributed by atoms with Crippen LogP contribution in [-0.2, 0) is 5.60 Å². The maximum Gasteiger partial charge on any atom is 0.123 e. The maximum atomic E-state index is 13.5. The molecule has 0 bridgehead atoms. The summed E-state index contributed by atoms with van der Waals surface area (Å²) in [6.07, 6.45) is 0.559. The van der Waals surface area contributed by atoms with Crippen LogP contribution < -0.4 is 0 Å². The van der Waals surface area contributed by atoms with E-state index in [2.05, 4.69) is 43.1 Å². The molecule has 0 spiro atoms. The van der Waals surface area contributed by atoms with E-state index in [9.17, 15) is 9.50 Å². The van der Waals surface area contributed by atoms with Crippen LogP contribution in [0, 0.1) is 11.7 Å². The summed E-state index contributed by atoms with van der Waals surface area (Å²) in [7, 11) is 2.13. The summed E-state index contributed by atoms with van der Waals surface area (Å²) in [5.41, 5.74) is 2.08. The Morgan fingerprint density at radius 1 is 0.857 bits per heavy atom. The molecule has 1 fully saturated rings. The third kappa shape index (κ3) is 3.25. The molecular weight excluding hydrogens is 349 g/mol. The first-order valence-corrected chi connectivity index (χ1v) is 9.81. The second kappa shape index (κ2) is 7.50. The van der Waals surface area contributed by atoms with Gasteiger partial charge in [-0.15, -0.1) is 0 Å². The number of nitrogens with zero attached hydrogens (tertiary/aromatic N) is 1. The van der Waals surface area contributed by atoms with Crippen LogP contribution in [0.3, 0.4) is 0 Å². The quantitative estimate of drug-likeness (QED) is 0.656. The molecule has 1 aliphatic heterocycles. The van der Waals surface area contributed by atoms with E-state index < -0.39 is 5.60 Å². The molecule has 1 heterocycles. The van der Waals surface area contributed by atoms with Crippen molar-refractivity contribution in [3.05, 3.63) is 107 Å². The zero-order valence-corrected chi connectivity index (χ0v) is 16.3. The SMILES string of the molecule is C[C@@H]1[C@@H](c2ccccc2)N(C)[C@H](c2ccccc2)C[C@]1(O)c1ccc(F)cc1. The van der Waals surface area contributed by atoms with Crippen LogP contribution in [0.2, 0.25) is 0 Å². The highest BCUT2D eigenvalue weighted by Crippen LogP contribution is 2.52. The van der Waals surface area contributed by atoms with Crippen molar-refractivity contribution in [1.29, 1.82) is 0 Å². The monoisotopic (exact) mass is 375 g/mol. The predicted octanol–water partition coefficient (Wildman–Crippen LogP) is 5.47. The van der Waals surface area contributed by atoms with Crippen molar-refractivity contribution in [2.24, 2.45) is 5.92 Å². The number of aliphatic hydroxyl groups is 1. The number of benzene rings is 3. The van der Waals surface area contributed by atoms with Crippen LogP contribution in [0.15, 0.2) is 84.9 Å². The van der Waals surface area contributed by atoms with Gasteiger partial charge in [-0.25, -0.2) is 4.39 Å². The Bertz CT molecular complexity index is 912. The van der Waals surface area contributed by atoms with E-state index in [1.165, 1.54) is 23.3 Å². The highest BCUT2D eigenvalue weighted by Gasteiger charge is 2.49. The first-order valence-electron chi connectivity index (χ1n) is 9.81. The lowest BCUT2D eigenvalue weighted by Crippen LogP contribution is -2.50. The van der Waals surface area contributed by atoms with Gasteiger partial charge in [0, 0.05) is 24.4 Å². The topological polar surface area (TPSA) is 23.5 Å². The molecular formula is C25H26FNO. The number of piperidine rings is 1. The fraction of sp³-hybridized carbons (Fsp3) is 0.280. The lowest BCUT2D eigenvalue weighted by Gasteiger charge is -2.52. The molecule has 28 heavy (non-hydrogen) atoms. The van der Waals surface area contributed by atoms with Gasteiger partial charge in [0.1, 0.15) is 5.82 Å². The molecule has 0 saturated carbocycles. The van der Waals surface area contributed by atoms with Gasteiger partial charge in [-0.3, -0.25) is 4.90 Å². The summed E-state index contributed by atoms with van der Waals surface area (Å²) >= 11 is 0. The van der Waals surface area contributed by atoms with Gasteiger partial charge in [0.05, 0.1) is 5.60 Å². The van der Waals surface area contributed by atoms with Crippen LogP contribution in [0.5, 0.6) is 0 Å². The molecule has 2 nitrogen and oxygen atoms in total. The van der Waals surface area contributed by atoms with Gasteiger partial charge in [-0.2, -0.15) is 0 Å². The van der Waals surface area contributed by atoms with E-state index >= 15 is 0 Å². The number of halogens is 1. The number of rotatable bonds is 3. The normalized spacial score (nSPS) is 28.2. The minimum absolute atomic E-state index is 0.0372. The Morgan fingerprint density at radius 3 is 1.96 bits per heavy atom. The summed E-state index contributed by atoms with van der Waals surface area (Å²) in [5.74, 6) is -0.350. The standard InChI is InChI=1S/C25H26FNO/c1-18-24(20-11-7-4-8-12-20)27(2)23(19-9-5-3-6-10-19)17-25(18,28)21-13-15-22(26)16-14-21/h3-16,18,23-24,28H,17H2,1-2H3/t18-,23+,24+,25-/m1/s1. The van der Waals surface area contributed by atoms with Gasteiger partial charge in [0.25, 0.3) is 0 Å². The highest BCUT2D eigenvalue weighted by atomic mass is 19.1. The molecule has 3 aromatic carbocycles. The number of hydrogen-bond donors (Lipinski definition) is 1. The van der Waals surface area contributed by atoms with Crippen molar-refractivity contribution in [1.82, 2.24) is 4.90 Å². The predicted molar refractivity (Wildman–Crippen MR) is 110 cm³/mol. The first-order chi connectivity index (χ1) is 13.5. The molecule has 144 valence electrons. The lowest BCUT2D eigenvalue weighted by molar-refractivity contribution is -0.120. The summed E-state index contributed by atoms with van der Waals surface area (Å²) < 4.78 is 13.5. The van der Waals surface area contributed by atoms with E-state index in [4.69, 9.17) is 0 Å². The van der Waals surface area contributed by atoms with Gasteiger partial charge in [-0.1, -0.05) is 79.7 Å². The molecule has 1 aliphatic rings. The molecule has 1 N–H and O–H groups in total. The van der Waals surface area contributed by atoms with Gasteiger partial charge in [0.2, 0.25) is 0 Å². The zero-order valence-electron chi connectivity index (χ0n) is 16.3. The van der Waals surface area contributed by atoms with E-state index in [1.807, 2.05) is 36.4 Å². The Balaban J connectivity index is 1.83. The van der Waals surface area contributed by atoms with Crippen LogP contribution >= 0.6 is 0 Å². The molecule has 0 aromatic heterocycles. The maximum absolute atomic E-state index is 13.5. The van der Waals surface area contributed by atoms with Crippen molar-refractivity contribution < 1.29 is 9.50 Å². The van der Waals surface area contributed by atoms with Crippen LogP contribution in [-0.4, -0.2) is 17.1 Å². The Morgan fingerprint density at radius 2 is 1.39 bits per heavy atom. The molecule has 0 unspecified atom stereocenters. The van der Waals surface area contributed by atoms with Crippen molar-refractivity contribution in [2.45, 2.75) is 31.0 Å². The van der Waals surface area contributed by atoms with Crippen LogP contribution in [0.4, 0.5) is 4.39 Å². The van der Waals surface area contributed by atoms with Gasteiger partial charge in [-0.05, 0) is 35.9 Å². The van der Waals surface area contributed by atoms with E-state index in [-0.39, 0.29) is 23.8 Å². The lowest BCUT2D eigenvalue weighted by atomic mass is 9.68. The molecule has 0 radical (unpaired) electrons. The van der Waals surface area contributed by atoms with Gasteiger partial charge in [0.15, 0.2) is 0 Å². The Hall–Kier alpha value is -2.49. The highest BCUT2D eigenvalue weighted by molar-refractivity contribution is 5.32. The van der Waals surface area contributed by atoms with Crippen molar-refractivity contribution in [2.75, 3.05) is 7.05 Å². The van der Waals surface area contributed by atoms with E-state index in [0.29, 0.717) is 6.42 Å². The minimum atomic E-state index is -1.05. The second-order valence-corrected chi connectivity index (χ2v) is 7.87.